The molecule has 2 heterocycles. The van der Waals surface area contributed by atoms with E-state index in [-0.39, 0.29) is 24.0 Å². The van der Waals surface area contributed by atoms with E-state index in [1.165, 1.54) is 5.56 Å². The van der Waals surface area contributed by atoms with Crippen molar-refractivity contribution in [2.45, 2.75) is 26.5 Å². The summed E-state index contributed by atoms with van der Waals surface area (Å²) in [5.74, 6) is 0.224. The number of carbonyl (C=O) groups is 3. The molecule has 0 spiro atoms. The van der Waals surface area contributed by atoms with Gasteiger partial charge in [-0.2, -0.15) is 5.26 Å². The number of thioether (sulfide) groups is 1. The molecule has 0 bridgehead atoms. The van der Waals surface area contributed by atoms with Gasteiger partial charge in [0.05, 0.1) is 23.1 Å². The molecule has 0 atom stereocenters. The molecule has 1 fully saturated rings. The molecule has 40 heavy (non-hydrogen) atoms. The average molecular weight is 554 g/mol. The van der Waals surface area contributed by atoms with E-state index in [1.807, 2.05) is 37.3 Å². The molecule has 1 saturated heterocycles. The molecular formula is C31H27N3O5S. The molecule has 2 aliphatic heterocycles. The number of ether oxygens (including phenoxy) is 2. The van der Waals surface area contributed by atoms with E-state index in [0.717, 1.165) is 34.2 Å². The third-order valence-electron chi connectivity index (χ3n) is 6.74. The summed E-state index contributed by atoms with van der Waals surface area (Å²) in [5.41, 5.74) is 4.25. The molecular weight excluding hydrogens is 526 g/mol. The van der Waals surface area contributed by atoms with Gasteiger partial charge in [0.15, 0.2) is 11.5 Å². The Morgan fingerprint density at radius 1 is 1.02 bits per heavy atom. The highest BCUT2D eigenvalue weighted by Gasteiger charge is 2.37. The fourth-order valence-corrected chi connectivity index (χ4v) is 5.48. The Bertz CT molecular complexity index is 1540. The van der Waals surface area contributed by atoms with Crippen molar-refractivity contribution >= 4 is 34.9 Å². The van der Waals surface area contributed by atoms with E-state index in [4.69, 9.17) is 9.47 Å². The molecule has 3 amide bonds. The number of imide groups is 1. The predicted molar refractivity (Wildman–Crippen MR) is 151 cm³/mol. The molecule has 0 radical (unpaired) electrons. The van der Waals surface area contributed by atoms with Gasteiger partial charge in [-0.3, -0.25) is 19.3 Å². The lowest BCUT2D eigenvalue weighted by Crippen LogP contribution is -2.44. The number of benzene rings is 3. The lowest BCUT2D eigenvalue weighted by molar-refractivity contribution is -0.136. The third kappa shape index (κ3) is 5.87. The van der Waals surface area contributed by atoms with Crippen LogP contribution in [0.4, 0.5) is 4.79 Å². The van der Waals surface area contributed by atoms with Crippen molar-refractivity contribution in [3.05, 3.63) is 99.5 Å². The van der Waals surface area contributed by atoms with Gasteiger partial charge in [-0.15, -0.1) is 0 Å². The Morgan fingerprint density at radius 3 is 2.60 bits per heavy atom. The molecule has 3 aromatic rings. The zero-order valence-electron chi connectivity index (χ0n) is 22.0. The smallest absolute Gasteiger partial charge is 0.294 e. The largest absolute Gasteiger partial charge is 0.490 e. The van der Waals surface area contributed by atoms with Crippen LogP contribution in [-0.4, -0.2) is 46.5 Å². The summed E-state index contributed by atoms with van der Waals surface area (Å²) in [5, 5.41) is 8.85. The minimum Gasteiger partial charge on any atom is -0.490 e. The van der Waals surface area contributed by atoms with Crippen LogP contribution in [0.15, 0.2) is 71.6 Å². The number of nitrogens with zero attached hydrogens (tertiary/aromatic N) is 3. The minimum atomic E-state index is -0.493. The van der Waals surface area contributed by atoms with E-state index < -0.39 is 11.1 Å². The standard InChI is InChI=1S/C31H27N3O5S/c1-2-38-27-15-21(11-12-26(27)39-20-25-10-6-4-8-23(25)17-32)16-28-30(36)34(31(37)40-28)19-29(35)33-14-13-22-7-3-5-9-24(22)18-33/h3-12,15-16H,2,13-14,18-20H2,1H3/b28-16+. The molecule has 0 aliphatic carbocycles. The Morgan fingerprint density at radius 2 is 1.80 bits per heavy atom. The lowest BCUT2D eigenvalue weighted by Gasteiger charge is -2.29. The second-order valence-electron chi connectivity index (χ2n) is 9.30. The Kier molecular flexibility index (Phi) is 8.18. The Hall–Kier alpha value is -4.55. The first-order chi connectivity index (χ1) is 19.5. The van der Waals surface area contributed by atoms with E-state index in [1.54, 1.807) is 41.3 Å². The Labute approximate surface area is 236 Å². The maximum atomic E-state index is 13.1. The van der Waals surface area contributed by atoms with E-state index >= 15 is 0 Å². The van der Waals surface area contributed by atoms with Gasteiger partial charge in [0.1, 0.15) is 13.2 Å². The molecule has 9 heteroatoms. The number of hydrogen-bond acceptors (Lipinski definition) is 7. The second-order valence-corrected chi connectivity index (χ2v) is 10.3. The summed E-state index contributed by atoms with van der Waals surface area (Å²) in [4.78, 5) is 41.7. The van der Waals surface area contributed by atoms with Crippen molar-refractivity contribution in [1.29, 1.82) is 5.26 Å². The van der Waals surface area contributed by atoms with Gasteiger partial charge < -0.3 is 14.4 Å². The molecule has 5 rings (SSSR count). The van der Waals surface area contributed by atoms with Crippen molar-refractivity contribution < 1.29 is 23.9 Å². The number of fused-ring (bicyclic) bond motifs is 1. The van der Waals surface area contributed by atoms with Crippen LogP contribution >= 0.6 is 11.8 Å². The van der Waals surface area contributed by atoms with Crippen molar-refractivity contribution in [2.24, 2.45) is 0 Å². The predicted octanol–water partition coefficient (Wildman–Crippen LogP) is 5.16. The summed E-state index contributed by atoms with van der Waals surface area (Å²) >= 11 is 0.814. The van der Waals surface area contributed by atoms with Gasteiger partial charge in [-0.25, -0.2) is 0 Å². The van der Waals surface area contributed by atoms with Crippen LogP contribution in [0.5, 0.6) is 11.5 Å². The fourth-order valence-electron chi connectivity index (χ4n) is 4.64. The summed E-state index contributed by atoms with van der Waals surface area (Å²) in [6.45, 7) is 3.18. The zero-order valence-corrected chi connectivity index (χ0v) is 22.8. The molecule has 0 saturated carbocycles. The number of nitriles is 1. The first kappa shape index (κ1) is 27.0. The molecule has 2 aliphatic rings. The van der Waals surface area contributed by atoms with Crippen LogP contribution in [0.3, 0.4) is 0 Å². The van der Waals surface area contributed by atoms with Crippen molar-refractivity contribution in [3.63, 3.8) is 0 Å². The van der Waals surface area contributed by atoms with Gasteiger partial charge in [-0.05, 0) is 66.1 Å². The van der Waals surface area contributed by atoms with Crippen molar-refractivity contribution in [1.82, 2.24) is 9.80 Å². The molecule has 202 valence electrons. The summed E-state index contributed by atoms with van der Waals surface area (Å²) in [6.07, 6.45) is 2.36. The average Bonchev–Trinajstić information content (AvgIpc) is 3.23. The summed E-state index contributed by atoms with van der Waals surface area (Å²) in [7, 11) is 0. The van der Waals surface area contributed by atoms with Crippen LogP contribution in [0.25, 0.3) is 6.08 Å². The minimum absolute atomic E-state index is 0.193. The highest BCUT2D eigenvalue weighted by atomic mass is 32.2. The second kappa shape index (κ2) is 12.1. The molecule has 0 unspecified atom stereocenters. The van der Waals surface area contributed by atoms with Crippen LogP contribution in [0.2, 0.25) is 0 Å². The lowest BCUT2D eigenvalue weighted by atomic mass is 10.00. The highest BCUT2D eigenvalue weighted by Crippen LogP contribution is 2.35. The maximum Gasteiger partial charge on any atom is 0.294 e. The molecule has 0 N–H and O–H groups in total. The number of hydrogen-bond donors (Lipinski definition) is 0. The number of rotatable bonds is 8. The fraction of sp³-hybridized carbons (Fsp3) is 0.226. The van der Waals surface area contributed by atoms with Crippen LogP contribution in [0, 0.1) is 11.3 Å². The third-order valence-corrected chi connectivity index (χ3v) is 7.64. The van der Waals surface area contributed by atoms with Gasteiger partial charge in [0, 0.05) is 18.7 Å². The monoisotopic (exact) mass is 553 g/mol. The highest BCUT2D eigenvalue weighted by molar-refractivity contribution is 8.18. The SMILES string of the molecule is CCOc1cc(/C=C2/SC(=O)N(CC(=O)N3CCc4ccccc4C3)C2=O)ccc1OCc1ccccc1C#N. The van der Waals surface area contributed by atoms with E-state index in [2.05, 4.69) is 12.1 Å². The molecule has 0 aromatic heterocycles. The van der Waals surface area contributed by atoms with Crippen molar-refractivity contribution in [3.8, 4) is 17.6 Å². The number of carbonyl (C=O) groups excluding carboxylic acids is 3. The molecule has 3 aromatic carbocycles. The summed E-state index contributed by atoms with van der Waals surface area (Å²) in [6, 6.07) is 22.6. The van der Waals surface area contributed by atoms with Crippen LogP contribution < -0.4 is 9.47 Å². The van der Waals surface area contributed by atoms with E-state index in [0.29, 0.717) is 42.3 Å². The topological polar surface area (TPSA) is 99.9 Å². The van der Waals surface area contributed by atoms with Gasteiger partial charge in [0.25, 0.3) is 11.1 Å². The normalized spacial score (nSPS) is 15.7. The van der Waals surface area contributed by atoms with Crippen LogP contribution in [-0.2, 0) is 29.2 Å². The first-order valence-corrected chi connectivity index (χ1v) is 13.8. The first-order valence-electron chi connectivity index (χ1n) is 12.9. The Balaban J connectivity index is 1.27. The summed E-state index contributed by atoms with van der Waals surface area (Å²) < 4.78 is 11.7. The van der Waals surface area contributed by atoms with Gasteiger partial charge in [-0.1, -0.05) is 48.5 Å². The van der Waals surface area contributed by atoms with E-state index in [9.17, 15) is 19.6 Å². The maximum absolute atomic E-state index is 13.1. The van der Waals surface area contributed by atoms with Crippen LogP contribution in [0.1, 0.15) is 34.7 Å². The van der Waals surface area contributed by atoms with Crippen molar-refractivity contribution in [2.75, 3.05) is 19.7 Å². The van der Waals surface area contributed by atoms with Gasteiger partial charge >= 0.3 is 0 Å². The molecule has 8 nitrogen and oxygen atoms in total. The quantitative estimate of drug-likeness (QED) is 0.356. The zero-order chi connectivity index (χ0) is 28.1. The van der Waals surface area contributed by atoms with Gasteiger partial charge in [0.2, 0.25) is 5.91 Å². The number of amides is 3.